The number of anilines is 2. The normalized spacial score (nSPS) is 16.4. The Morgan fingerprint density at radius 2 is 1.17 bits per heavy atom. The van der Waals surface area contributed by atoms with Gasteiger partial charge in [-0.05, 0) is 56.5 Å². The Balaban J connectivity index is 0.000000360. The maximum absolute atomic E-state index is 9.55. The summed E-state index contributed by atoms with van der Waals surface area (Å²) in [6.07, 6.45) is 11.5. The van der Waals surface area contributed by atoms with E-state index >= 15 is 0 Å². The van der Waals surface area contributed by atoms with Crippen LogP contribution in [0.4, 0.5) is 11.5 Å². The van der Waals surface area contributed by atoms with E-state index in [-0.39, 0.29) is 0 Å². The molecule has 1 aliphatic carbocycles. The average Bonchev–Trinajstić information content (AvgIpc) is 3.61. The number of nitrogens with zero attached hydrogens (tertiary/aromatic N) is 6. The van der Waals surface area contributed by atoms with Crippen molar-refractivity contribution in [3.05, 3.63) is 97.0 Å². The zero-order valence-corrected chi connectivity index (χ0v) is 33.9. The monoisotopic (exact) mass is 870 g/mol. The van der Waals surface area contributed by atoms with Gasteiger partial charge in [0.1, 0.15) is 35.0 Å². The van der Waals surface area contributed by atoms with Gasteiger partial charge in [0, 0.05) is 86.5 Å². The van der Waals surface area contributed by atoms with Crippen LogP contribution in [0.3, 0.4) is 0 Å². The van der Waals surface area contributed by atoms with Gasteiger partial charge in [-0.25, -0.2) is 38.7 Å². The van der Waals surface area contributed by atoms with Gasteiger partial charge in [0.25, 0.3) is 0 Å². The zero-order valence-electron chi connectivity index (χ0n) is 33.9. The highest BCUT2D eigenvalue weighted by molar-refractivity contribution is 5.93. The number of aliphatic carboxylic acids is 6. The summed E-state index contributed by atoms with van der Waals surface area (Å²) in [6, 6.07) is 16.4. The summed E-state index contributed by atoms with van der Waals surface area (Å²) < 4.78 is 8.60. The van der Waals surface area contributed by atoms with Crippen molar-refractivity contribution >= 4 is 58.4 Å². The van der Waals surface area contributed by atoms with E-state index in [1.54, 1.807) is 6.07 Å². The number of hydrogen-bond acceptors (Lipinski definition) is 14. The van der Waals surface area contributed by atoms with Crippen LogP contribution in [0.2, 0.25) is 0 Å². The van der Waals surface area contributed by atoms with Gasteiger partial charge in [0.05, 0.1) is 11.3 Å². The van der Waals surface area contributed by atoms with Gasteiger partial charge in [0.15, 0.2) is 5.75 Å². The lowest BCUT2D eigenvalue weighted by atomic mass is 9.89. The topological polar surface area (TPSA) is 346 Å². The largest absolute Gasteiger partial charge is 0.478 e. The molecule has 0 spiro atoms. The fourth-order valence-electron chi connectivity index (χ4n) is 6.51. The number of nitrogens with two attached hydrogens (primary N) is 2. The molecule has 0 radical (unpaired) electrons. The quantitative estimate of drug-likeness (QED) is 0.0785. The number of piperazine rings is 1. The number of nitriles is 1. The molecular formula is C42H46N8O13. The van der Waals surface area contributed by atoms with Gasteiger partial charge in [-0.2, -0.15) is 5.26 Å². The summed E-state index contributed by atoms with van der Waals surface area (Å²) in [5, 5.41) is 57.2. The van der Waals surface area contributed by atoms with Crippen LogP contribution < -0.4 is 16.2 Å². The average molecular weight is 871 g/mol. The minimum absolute atomic E-state index is 0.346. The first-order valence-corrected chi connectivity index (χ1v) is 18.9. The summed E-state index contributed by atoms with van der Waals surface area (Å²) in [4.78, 5) is 71.3. The molecule has 0 bridgehead atoms. The number of nitrogen functional groups attached to an aromatic ring is 2. The summed E-state index contributed by atoms with van der Waals surface area (Å²) in [7, 11) is 2.21. The van der Waals surface area contributed by atoms with E-state index in [1.807, 2.05) is 42.6 Å². The van der Waals surface area contributed by atoms with Gasteiger partial charge in [-0.3, -0.25) is 4.90 Å². The van der Waals surface area contributed by atoms with Gasteiger partial charge in [-0.15, -0.1) is 0 Å². The van der Waals surface area contributed by atoms with Crippen molar-refractivity contribution in [1.29, 1.82) is 5.26 Å². The predicted molar refractivity (Wildman–Crippen MR) is 227 cm³/mol. The van der Waals surface area contributed by atoms with Crippen LogP contribution in [0.15, 0.2) is 91.4 Å². The lowest BCUT2D eigenvalue weighted by Gasteiger charge is -2.41. The van der Waals surface area contributed by atoms with Crippen molar-refractivity contribution in [2.75, 3.05) is 44.7 Å². The first-order valence-electron chi connectivity index (χ1n) is 18.9. The maximum atomic E-state index is 9.55. The second-order valence-corrected chi connectivity index (χ2v) is 13.7. The summed E-state index contributed by atoms with van der Waals surface area (Å²) in [5.41, 5.74) is 15.8. The molecule has 10 N–H and O–H groups in total. The van der Waals surface area contributed by atoms with Crippen LogP contribution in [0.5, 0.6) is 11.5 Å². The van der Waals surface area contributed by atoms with Crippen molar-refractivity contribution in [3.8, 4) is 28.7 Å². The van der Waals surface area contributed by atoms with E-state index in [1.165, 1.54) is 19.2 Å². The Kier molecular flexibility index (Phi) is 19.0. The number of carbonyl (C=O) groups is 6. The highest BCUT2D eigenvalue weighted by Gasteiger charge is 2.30. The molecule has 332 valence electrons. The van der Waals surface area contributed by atoms with Crippen molar-refractivity contribution in [3.63, 3.8) is 0 Å². The molecule has 1 aliphatic heterocycles. The zero-order chi connectivity index (χ0) is 46.6. The third-order valence-corrected chi connectivity index (χ3v) is 9.42. The molecule has 21 nitrogen and oxygen atoms in total. The van der Waals surface area contributed by atoms with Crippen LogP contribution in [-0.2, 0) is 28.8 Å². The number of carboxylic acid groups (broad SMARTS) is 6. The number of aromatic nitrogens is 3. The number of hydrogen-bond donors (Lipinski definition) is 8. The summed E-state index contributed by atoms with van der Waals surface area (Å²) >= 11 is 0. The molecule has 2 aromatic heterocycles. The molecule has 63 heavy (non-hydrogen) atoms. The molecule has 1 saturated carbocycles. The van der Waals surface area contributed by atoms with E-state index in [2.05, 4.69) is 37.5 Å². The van der Waals surface area contributed by atoms with Gasteiger partial charge in [0.2, 0.25) is 0 Å². The summed E-state index contributed by atoms with van der Waals surface area (Å²) in [5.74, 6) is -5.81. The van der Waals surface area contributed by atoms with Gasteiger partial charge >= 0.3 is 35.8 Å². The number of fused-ring (bicyclic) bond motifs is 1. The minimum Gasteiger partial charge on any atom is -0.478 e. The smallest absolute Gasteiger partial charge is 0.328 e. The number of rotatable bonds is 11. The molecule has 0 atom stereocenters. The molecule has 0 amide bonds. The van der Waals surface area contributed by atoms with Crippen molar-refractivity contribution in [2.24, 2.45) is 0 Å². The fraction of sp³-hybridized carbons (Fsp3) is 0.262. The lowest BCUT2D eigenvalue weighted by molar-refractivity contribution is -0.134. The molecule has 2 aliphatic rings. The Bertz CT molecular complexity index is 2260. The standard InChI is InChI=1S/C30H34N8O.3C4H4O4/c1-36-13-15-37(16-14-36)21-7-9-22(10-8-21)38-18-27(28-29(33)34-19-35-30(28)38)39-23-11-5-20(6-12-23)24-3-2-4-26(32)25(24)17-31;3*5-3(6)1-2-4(7)8/h2-6,11-12,18-19,21-22H,7-10,13-16,32H2,1H3,(H2,33,34,35);3*1-2H,(H,5,6)(H,7,8)/b;3*2-1-. The minimum atomic E-state index is -1.26. The predicted octanol–water partition coefficient (Wildman–Crippen LogP) is 3.79. The molecule has 2 aromatic carbocycles. The molecule has 1 saturated heterocycles. The van der Waals surface area contributed by atoms with Crippen molar-refractivity contribution < 1.29 is 64.1 Å². The van der Waals surface area contributed by atoms with Crippen LogP contribution in [0, 0.1) is 11.3 Å². The summed E-state index contributed by atoms with van der Waals surface area (Å²) in [6.45, 7) is 4.63. The van der Waals surface area contributed by atoms with E-state index in [0.717, 1.165) is 61.2 Å². The number of carboxylic acids is 6. The highest BCUT2D eigenvalue weighted by atomic mass is 16.5. The Hall–Kier alpha value is -8.09. The van der Waals surface area contributed by atoms with Crippen LogP contribution in [0.25, 0.3) is 22.2 Å². The van der Waals surface area contributed by atoms with Crippen LogP contribution in [-0.4, -0.2) is 130 Å². The molecule has 6 rings (SSSR count). The Morgan fingerprint density at radius 3 is 1.63 bits per heavy atom. The lowest BCUT2D eigenvalue weighted by Crippen LogP contribution is -2.49. The second-order valence-electron chi connectivity index (χ2n) is 13.7. The van der Waals surface area contributed by atoms with E-state index in [4.69, 9.17) is 46.8 Å². The Labute approximate surface area is 359 Å². The second kappa shape index (κ2) is 24.2. The SMILES string of the molecule is CN1CCN(C2CCC(n3cc(Oc4ccc(-c5cccc(N)c5C#N)cc4)c4c(N)ncnc43)CC2)CC1.O=C(O)/C=C\C(=O)O.O=C(O)/C=C\C(=O)O.O=C(O)/C=C\C(=O)O. The highest BCUT2D eigenvalue weighted by Crippen LogP contribution is 2.40. The van der Waals surface area contributed by atoms with Gasteiger partial charge < -0.3 is 56.3 Å². The first-order chi connectivity index (χ1) is 29.9. The first kappa shape index (κ1) is 49.3. The van der Waals surface area contributed by atoms with Crippen molar-refractivity contribution in [2.45, 2.75) is 37.8 Å². The number of likely N-dealkylation sites (N-methyl/N-ethyl adjacent to an activating group) is 1. The molecule has 2 fully saturated rings. The van der Waals surface area contributed by atoms with E-state index < -0.39 is 35.8 Å². The third kappa shape index (κ3) is 16.1. The Morgan fingerprint density at radius 1 is 0.698 bits per heavy atom. The molecule has 4 aromatic rings. The van der Waals surface area contributed by atoms with Crippen molar-refractivity contribution in [1.82, 2.24) is 24.3 Å². The molecule has 3 heterocycles. The number of ether oxygens (including phenoxy) is 1. The van der Waals surface area contributed by atoms with E-state index in [0.29, 0.717) is 77.1 Å². The van der Waals surface area contributed by atoms with Gasteiger partial charge in [-0.1, -0.05) is 24.3 Å². The van der Waals surface area contributed by atoms with Crippen LogP contribution >= 0.6 is 0 Å². The van der Waals surface area contributed by atoms with E-state index in [9.17, 15) is 34.0 Å². The molecule has 21 heteroatoms. The molecule has 0 unspecified atom stereocenters. The maximum Gasteiger partial charge on any atom is 0.328 e. The number of benzene rings is 2. The third-order valence-electron chi connectivity index (χ3n) is 9.42. The fourth-order valence-corrected chi connectivity index (χ4v) is 6.51. The molecular weight excluding hydrogens is 825 g/mol. The van der Waals surface area contributed by atoms with Crippen LogP contribution in [0.1, 0.15) is 37.3 Å².